The molecule has 3 amide bonds. The summed E-state index contributed by atoms with van der Waals surface area (Å²) in [7, 11) is -1.56. The molecular weight excluding hydrogens is 1040 g/mol. The first kappa shape index (κ1) is 70.0. The number of nitriles is 1. The van der Waals surface area contributed by atoms with Crippen LogP contribution in [-0.4, -0.2) is 194 Å². The van der Waals surface area contributed by atoms with Crippen LogP contribution < -0.4 is 14.4 Å². The molecule has 0 radical (unpaired) electrons. The number of fused-ring (bicyclic) bond motifs is 1. The van der Waals surface area contributed by atoms with Gasteiger partial charge in [0, 0.05) is 81.9 Å². The minimum atomic E-state index is -5.38. The van der Waals surface area contributed by atoms with E-state index in [0.29, 0.717) is 61.8 Å². The summed E-state index contributed by atoms with van der Waals surface area (Å²) in [6.45, 7) is 21.9. The van der Waals surface area contributed by atoms with Crippen LogP contribution in [0.2, 0.25) is 0 Å². The summed E-state index contributed by atoms with van der Waals surface area (Å²) in [6, 6.07) is 4.11. The number of likely N-dealkylation sites (tertiary alicyclic amines) is 1. The fourth-order valence-corrected chi connectivity index (χ4v) is 9.41. The summed E-state index contributed by atoms with van der Waals surface area (Å²) in [6.07, 6.45) is 10.5. The fraction of sp³-hybridized carbons (Fsp3) is 0.717. The minimum absolute atomic E-state index is 0.155. The lowest BCUT2D eigenvalue weighted by Gasteiger charge is -2.36. The molecule has 438 valence electrons. The molecule has 4 N–H and O–H groups in total. The molecule has 0 aromatic heterocycles. The van der Waals surface area contributed by atoms with Gasteiger partial charge >= 0.3 is 28.4 Å². The number of allylic oxidation sites excluding steroid dienone is 1. The quantitative estimate of drug-likeness (QED) is 0.0519. The molecule has 1 aromatic rings. The molecule has 2 saturated heterocycles. The molecule has 20 nitrogen and oxygen atoms in total. The maximum Gasteiger partial charge on any atom is 0.488 e. The highest BCUT2D eigenvalue weighted by Gasteiger charge is 2.43. The molecule has 4 atom stereocenters. The molecule has 2 fully saturated rings. The van der Waals surface area contributed by atoms with Crippen LogP contribution in [0.5, 0.6) is 5.75 Å². The van der Waals surface area contributed by atoms with Gasteiger partial charge in [-0.2, -0.15) is 13.7 Å². The van der Waals surface area contributed by atoms with Crippen molar-refractivity contribution in [2.45, 2.75) is 143 Å². The van der Waals surface area contributed by atoms with Gasteiger partial charge in [0.2, 0.25) is 11.8 Å². The van der Waals surface area contributed by atoms with Crippen molar-refractivity contribution in [3.63, 3.8) is 0 Å². The SMILES string of the molecule is CCC(=O)O.CCCCC(=O)O.CCCN(CCC(C)CC)CC(=O)O.CCCN(CCC)CC(=O)N1CCN(CCCN(C)c2cc(OS(=O)(=O)F)c3c(c2)C(C(=O)NCC(=O)N2CC(F)(P)CC2C#N)=CCC3)CC1. The van der Waals surface area contributed by atoms with Gasteiger partial charge in [0.15, 0.2) is 5.75 Å². The van der Waals surface area contributed by atoms with Crippen molar-refractivity contribution in [3.8, 4) is 11.8 Å². The van der Waals surface area contributed by atoms with Crippen LogP contribution in [0.25, 0.3) is 5.57 Å². The van der Waals surface area contributed by atoms with E-state index < -0.39 is 58.2 Å². The highest BCUT2D eigenvalue weighted by Crippen LogP contribution is 2.39. The normalized spacial score (nSPS) is 17.5. The molecule has 1 aliphatic carbocycles. The van der Waals surface area contributed by atoms with E-state index in [-0.39, 0.29) is 49.6 Å². The van der Waals surface area contributed by atoms with E-state index >= 15 is 0 Å². The van der Waals surface area contributed by atoms with Crippen molar-refractivity contribution in [1.29, 1.82) is 5.26 Å². The average Bonchev–Trinajstić information content (AvgIpc) is 3.70. The zero-order chi connectivity index (χ0) is 58.3. The number of alkyl halides is 1. The second-order valence-corrected chi connectivity index (χ2v) is 21.7. The van der Waals surface area contributed by atoms with Gasteiger partial charge in [-0.25, -0.2) is 4.39 Å². The maximum absolute atomic E-state index is 14.5. The van der Waals surface area contributed by atoms with E-state index in [1.807, 2.05) is 36.9 Å². The molecule has 2 aliphatic heterocycles. The standard InChI is InChI=1S/C34H50F2N7O6PS.C11H23NO2.C5H10O2.C3H6O2/c1-4-10-41(11-5-2)23-32(45)42-16-14-40(15-17-42)13-7-12-39(3)25-18-29-27(30(19-25)49-51(36,47)48)8-6-9-28(29)33(46)38-22-31(44)43-24-34(35,50)20-26(43)21-37;1-4-7-12(9-11(13)14)8-6-10(3)5-2;1-2-3-4-5(6)7;1-2-3(4)5/h9,18-19,26H,4-8,10-17,20,22-24,50H2,1-3H3,(H,38,46);10H,4-9H2,1-3H3,(H,13,14);2-4H2,1H3,(H,6,7);2H2,1H3,(H,4,5). The Hall–Kier alpha value is -5.01. The number of nitrogens with zero attached hydrogens (tertiary/aromatic N) is 7. The number of carbonyl (C=O) groups is 6. The number of amides is 3. The van der Waals surface area contributed by atoms with E-state index in [2.05, 4.69) is 49.7 Å². The monoisotopic (exact) mass is 1130 g/mol. The fourth-order valence-electron chi connectivity index (χ4n) is 8.62. The molecule has 24 heteroatoms. The second-order valence-electron chi connectivity index (χ2n) is 19.7. The van der Waals surface area contributed by atoms with E-state index in [1.54, 1.807) is 26.1 Å². The number of carboxylic acid groups (broad SMARTS) is 3. The number of carbonyl (C=O) groups excluding carboxylic acids is 3. The topological polar surface area (TPSA) is 262 Å². The Morgan fingerprint density at radius 1 is 0.870 bits per heavy atom. The van der Waals surface area contributed by atoms with E-state index in [0.717, 1.165) is 95.7 Å². The molecule has 2 heterocycles. The number of benzene rings is 1. The Morgan fingerprint density at radius 3 is 1.96 bits per heavy atom. The first-order valence-corrected chi connectivity index (χ1v) is 28.9. The van der Waals surface area contributed by atoms with Crippen LogP contribution in [0.3, 0.4) is 0 Å². The Labute approximate surface area is 459 Å². The predicted octanol–water partition coefficient (Wildman–Crippen LogP) is 6.44. The number of halogens is 2. The molecule has 1 aromatic carbocycles. The number of hydrogen-bond acceptors (Lipinski definition) is 14. The van der Waals surface area contributed by atoms with Gasteiger partial charge in [-0.1, -0.05) is 80.5 Å². The molecule has 4 rings (SSSR count). The van der Waals surface area contributed by atoms with Crippen molar-refractivity contribution in [2.75, 3.05) is 104 Å². The van der Waals surface area contributed by atoms with Crippen LogP contribution >= 0.6 is 9.24 Å². The van der Waals surface area contributed by atoms with Gasteiger partial charge in [-0.05, 0) is 102 Å². The first-order valence-electron chi connectivity index (χ1n) is 27.1. The van der Waals surface area contributed by atoms with Crippen LogP contribution in [0, 0.1) is 17.2 Å². The zero-order valence-electron chi connectivity index (χ0n) is 46.9. The third-order valence-electron chi connectivity index (χ3n) is 13.0. The number of carboxylic acids is 3. The molecule has 77 heavy (non-hydrogen) atoms. The van der Waals surface area contributed by atoms with E-state index in [9.17, 15) is 50.7 Å². The summed E-state index contributed by atoms with van der Waals surface area (Å²) < 4.78 is 56.2. The van der Waals surface area contributed by atoms with Crippen molar-refractivity contribution < 1.29 is 65.0 Å². The Kier molecular flexibility index (Phi) is 33.6. The Bertz CT molecular complexity index is 2210. The van der Waals surface area contributed by atoms with Crippen LogP contribution in [0.4, 0.5) is 14.0 Å². The Morgan fingerprint density at radius 2 is 1.47 bits per heavy atom. The molecule has 4 unspecified atom stereocenters. The average molecular weight is 1130 g/mol. The van der Waals surface area contributed by atoms with E-state index in [1.165, 1.54) is 12.5 Å². The second kappa shape index (κ2) is 37.0. The van der Waals surface area contributed by atoms with Gasteiger partial charge in [0.1, 0.15) is 11.5 Å². The van der Waals surface area contributed by atoms with Gasteiger partial charge in [-0.3, -0.25) is 43.5 Å². The van der Waals surface area contributed by atoms with E-state index in [4.69, 9.17) is 19.5 Å². The van der Waals surface area contributed by atoms with Crippen molar-refractivity contribution in [2.24, 2.45) is 5.92 Å². The van der Waals surface area contributed by atoms with Crippen molar-refractivity contribution in [3.05, 3.63) is 29.3 Å². The van der Waals surface area contributed by atoms with Crippen molar-refractivity contribution >= 4 is 66.6 Å². The third-order valence-corrected chi connectivity index (χ3v) is 13.8. The zero-order valence-corrected chi connectivity index (χ0v) is 48.8. The number of hydrogen-bond donors (Lipinski definition) is 4. The lowest BCUT2D eigenvalue weighted by molar-refractivity contribution is -0.139. The third kappa shape index (κ3) is 28.4. The minimum Gasteiger partial charge on any atom is -0.481 e. The summed E-state index contributed by atoms with van der Waals surface area (Å²) >= 11 is 0. The summed E-state index contributed by atoms with van der Waals surface area (Å²) in [5, 5.41) is 34.6. The molecular formula is C53H89F2N8O12PS. The first-order chi connectivity index (χ1) is 36.3. The molecule has 0 spiro atoms. The maximum atomic E-state index is 14.5. The predicted molar refractivity (Wildman–Crippen MR) is 297 cm³/mol. The number of nitrogens with one attached hydrogen (secondary N) is 1. The van der Waals surface area contributed by atoms with Gasteiger partial charge < -0.3 is 39.5 Å². The van der Waals surface area contributed by atoms with Crippen molar-refractivity contribution in [1.82, 2.24) is 29.8 Å². The lowest BCUT2D eigenvalue weighted by Crippen LogP contribution is -2.51. The summed E-state index contributed by atoms with van der Waals surface area (Å²) in [4.78, 5) is 80.2. The number of aliphatic carboxylic acids is 3. The van der Waals surface area contributed by atoms with Gasteiger partial charge in [0.05, 0.1) is 32.2 Å². The molecule has 3 aliphatic rings. The largest absolute Gasteiger partial charge is 0.488 e. The molecule has 0 saturated carbocycles. The van der Waals surface area contributed by atoms with Crippen LogP contribution in [0.1, 0.15) is 137 Å². The summed E-state index contributed by atoms with van der Waals surface area (Å²) in [5.41, 5.74) is 1.33. The highest BCUT2D eigenvalue weighted by molar-refractivity contribution is 7.81. The summed E-state index contributed by atoms with van der Waals surface area (Å²) in [5.74, 6) is -2.78. The smallest absolute Gasteiger partial charge is 0.481 e. The number of anilines is 1. The molecule has 0 bridgehead atoms. The Balaban J connectivity index is 0.000000933. The highest BCUT2D eigenvalue weighted by atomic mass is 32.3. The number of rotatable bonds is 28. The van der Waals surface area contributed by atoms with Crippen LogP contribution in [-0.2, 0) is 45.7 Å². The van der Waals surface area contributed by atoms with Crippen LogP contribution in [0.15, 0.2) is 18.2 Å². The number of piperazine rings is 1. The number of unbranched alkanes of at least 4 members (excludes halogenated alkanes) is 1. The van der Waals surface area contributed by atoms with Gasteiger partial charge in [-0.15, -0.1) is 0 Å². The van der Waals surface area contributed by atoms with Gasteiger partial charge in [0.25, 0.3) is 5.91 Å². The lowest BCUT2D eigenvalue weighted by atomic mass is 9.89.